The van der Waals surface area contributed by atoms with Crippen molar-refractivity contribution >= 4 is 35.1 Å². The second kappa shape index (κ2) is 8.96. The third-order valence-corrected chi connectivity index (χ3v) is 4.22. The van der Waals surface area contributed by atoms with Gasteiger partial charge in [0.25, 0.3) is 5.91 Å². The lowest BCUT2D eigenvalue weighted by atomic mass is 10.2. The molecule has 7 nitrogen and oxygen atoms in total. The van der Waals surface area contributed by atoms with E-state index >= 15 is 0 Å². The molecule has 3 rings (SSSR count). The van der Waals surface area contributed by atoms with Crippen LogP contribution in [0, 0.1) is 0 Å². The summed E-state index contributed by atoms with van der Waals surface area (Å²) in [5, 5.41) is 6.41. The second-order valence-electron chi connectivity index (χ2n) is 5.73. The zero-order chi connectivity index (χ0) is 19.9. The molecule has 2 aromatic carbocycles. The van der Waals surface area contributed by atoms with E-state index in [-0.39, 0.29) is 5.69 Å². The lowest BCUT2D eigenvalue weighted by Crippen LogP contribution is -2.15. The number of aromatic nitrogens is 2. The normalized spacial score (nSPS) is 10.2. The molecular weight excluding hydrogens is 380 g/mol. The van der Waals surface area contributed by atoms with Crippen molar-refractivity contribution < 1.29 is 14.3 Å². The Kier molecular flexibility index (Phi) is 6.18. The molecule has 0 aliphatic carbocycles. The molecule has 0 fully saturated rings. The molecule has 8 heteroatoms. The number of nitrogens with zero attached hydrogens (tertiary/aromatic N) is 2. The van der Waals surface area contributed by atoms with E-state index in [2.05, 4.69) is 25.3 Å². The third kappa shape index (κ3) is 4.83. The molecule has 0 unspecified atom stereocenters. The van der Waals surface area contributed by atoms with Gasteiger partial charge in [-0.1, -0.05) is 29.8 Å². The monoisotopic (exact) mass is 396 g/mol. The first kappa shape index (κ1) is 19.3. The van der Waals surface area contributed by atoms with Crippen LogP contribution < -0.4 is 10.6 Å². The number of nitrogens with one attached hydrogen (secondary N) is 2. The Hall–Kier alpha value is -3.45. The number of ether oxygens (including phenoxy) is 1. The molecule has 1 aromatic heterocycles. The maximum Gasteiger partial charge on any atom is 0.337 e. The number of carbonyl (C=O) groups is 2. The predicted octanol–water partition coefficient (Wildman–Crippen LogP) is 3.78. The van der Waals surface area contributed by atoms with Crippen LogP contribution in [0.5, 0.6) is 0 Å². The van der Waals surface area contributed by atoms with Crippen LogP contribution in [0.3, 0.4) is 0 Å². The van der Waals surface area contributed by atoms with E-state index in [0.29, 0.717) is 28.8 Å². The minimum Gasteiger partial charge on any atom is -0.465 e. The van der Waals surface area contributed by atoms with Crippen molar-refractivity contribution in [3.05, 3.63) is 82.6 Å². The van der Waals surface area contributed by atoms with Gasteiger partial charge in [0.1, 0.15) is 5.69 Å². The zero-order valence-electron chi connectivity index (χ0n) is 15.0. The van der Waals surface area contributed by atoms with E-state index in [1.807, 2.05) is 18.2 Å². The fourth-order valence-corrected chi connectivity index (χ4v) is 2.59. The van der Waals surface area contributed by atoms with Crippen molar-refractivity contribution in [1.29, 1.82) is 0 Å². The minimum absolute atomic E-state index is 0.203. The van der Waals surface area contributed by atoms with Gasteiger partial charge in [0.2, 0.25) is 5.95 Å². The Labute approximate surface area is 166 Å². The van der Waals surface area contributed by atoms with Crippen LogP contribution in [0.25, 0.3) is 0 Å². The Morgan fingerprint density at radius 3 is 2.54 bits per heavy atom. The highest BCUT2D eigenvalue weighted by atomic mass is 35.5. The fraction of sp³-hybridized carbons (Fsp3) is 0.100. The van der Waals surface area contributed by atoms with Crippen LogP contribution in [-0.4, -0.2) is 29.0 Å². The van der Waals surface area contributed by atoms with Gasteiger partial charge in [-0.15, -0.1) is 0 Å². The van der Waals surface area contributed by atoms with Gasteiger partial charge in [0.15, 0.2) is 0 Å². The van der Waals surface area contributed by atoms with Crippen molar-refractivity contribution in [3.8, 4) is 0 Å². The number of esters is 1. The Balaban J connectivity index is 1.65. The first-order valence-electron chi connectivity index (χ1n) is 8.37. The fourth-order valence-electron chi connectivity index (χ4n) is 2.39. The van der Waals surface area contributed by atoms with E-state index in [4.69, 9.17) is 11.6 Å². The molecule has 0 atom stereocenters. The van der Waals surface area contributed by atoms with Gasteiger partial charge >= 0.3 is 5.97 Å². The minimum atomic E-state index is -0.442. The van der Waals surface area contributed by atoms with Crippen molar-refractivity contribution in [2.45, 2.75) is 6.54 Å². The number of halogens is 1. The molecule has 28 heavy (non-hydrogen) atoms. The SMILES string of the molecule is COC(=O)c1ccc(NC(=O)c2ccnc(NCc3ccccc3Cl)n2)cc1. The Morgan fingerprint density at radius 1 is 1.07 bits per heavy atom. The van der Waals surface area contributed by atoms with E-state index in [1.165, 1.54) is 19.4 Å². The highest BCUT2D eigenvalue weighted by Gasteiger charge is 2.11. The molecule has 0 radical (unpaired) electrons. The summed E-state index contributed by atoms with van der Waals surface area (Å²) < 4.78 is 4.64. The average molecular weight is 397 g/mol. The predicted molar refractivity (Wildman–Crippen MR) is 107 cm³/mol. The molecule has 1 amide bonds. The first-order valence-corrected chi connectivity index (χ1v) is 8.74. The maximum atomic E-state index is 12.4. The highest BCUT2D eigenvalue weighted by molar-refractivity contribution is 6.31. The van der Waals surface area contributed by atoms with Gasteiger partial charge < -0.3 is 15.4 Å². The van der Waals surface area contributed by atoms with Crippen molar-refractivity contribution in [2.24, 2.45) is 0 Å². The number of benzene rings is 2. The van der Waals surface area contributed by atoms with Crippen molar-refractivity contribution in [2.75, 3.05) is 17.7 Å². The number of hydrogen-bond acceptors (Lipinski definition) is 6. The number of hydrogen-bond donors (Lipinski definition) is 2. The Bertz CT molecular complexity index is 993. The summed E-state index contributed by atoms with van der Waals surface area (Å²) in [6.45, 7) is 0.430. The summed E-state index contributed by atoms with van der Waals surface area (Å²) in [4.78, 5) is 32.2. The van der Waals surface area contributed by atoms with E-state index in [1.54, 1.807) is 30.3 Å². The van der Waals surface area contributed by atoms with E-state index in [0.717, 1.165) is 5.56 Å². The summed E-state index contributed by atoms with van der Waals surface area (Å²) in [5.74, 6) is -0.523. The van der Waals surface area contributed by atoms with Crippen LogP contribution >= 0.6 is 11.6 Å². The third-order valence-electron chi connectivity index (χ3n) is 3.85. The number of methoxy groups -OCH3 is 1. The molecule has 3 aromatic rings. The van der Waals surface area contributed by atoms with Gasteiger partial charge in [-0.3, -0.25) is 4.79 Å². The molecule has 142 valence electrons. The molecule has 0 bridgehead atoms. The van der Waals surface area contributed by atoms with Crippen LogP contribution in [0.15, 0.2) is 60.8 Å². The van der Waals surface area contributed by atoms with Gasteiger partial charge in [0.05, 0.1) is 12.7 Å². The van der Waals surface area contributed by atoms with Crippen LogP contribution in [0.1, 0.15) is 26.4 Å². The summed E-state index contributed by atoms with van der Waals surface area (Å²) in [7, 11) is 1.31. The van der Waals surface area contributed by atoms with E-state index in [9.17, 15) is 9.59 Å². The topological polar surface area (TPSA) is 93.2 Å². The number of carbonyl (C=O) groups excluding carboxylic acids is 2. The highest BCUT2D eigenvalue weighted by Crippen LogP contribution is 2.16. The maximum absolute atomic E-state index is 12.4. The molecule has 0 aliphatic rings. The molecule has 2 N–H and O–H groups in total. The zero-order valence-corrected chi connectivity index (χ0v) is 15.7. The van der Waals surface area contributed by atoms with Gasteiger partial charge in [-0.05, 0) is 42.0 Å². The quantitative estimate of drug-likeness (QED) is 0.616. The van der Waals surface area contributed by atoms with Gasteiger partial charge in [0, 0.05) is 23.5 Å². The molecule has 0 saturated carbocycles. The van der Waals surface area contributed by atoms with E-state index < -0.39 is 11.9 Å². The molecule has 0 aliphatic heterocycles. The van der Waals surface area contributed by atoms with Crippen LogP contribution in [-0.2, 0) is 11.3 Å². The number of rotatable bonds is 6. The van der Waals surface area contributed by atoms with Crippen LogP contribution in [0.4, 0.5) is 11.6 Å². The number of anilines is 2. The van der Waals surface area contributed by atoms with Crippen molar-refractivity contribution in [3.63, 3.8) is 0 Å². The first-order chi connectivity index (χ1) is 13.6. The van der Waals surface area contributed by atoms with Gasteiger partial charge in [-0.25, -0.2) is 14.8 Å². The largest absolute Gasteiger partial charge is 0.465 e. The summed E-state index contributed by atoms with van der Waals surface area (Å²) in [6.07, 6.45) is 1.50. The van der Waals surface area contributed by atoms with Crippen LogP contribution in [0.2, 0.25) is 5.02 Å². The molecule has 0 saturated heterocycles. The standard InChI is InChI=1S/C20H17ClN4O3/c1-28-19(27)13-6-8-15(9-7-13)24-18(26)17-10-11-22-20(25-17)23-12-14-4-2-3-5-16(14)21/h2-11H,12H2,1H3,(H,24,26)(H,22,23,25). The smallest absolute Gasteiger partial charge is 0.337 e. The number of amides is 1. The molecular formula is C20H17ClN4O3. The molecule has 0 spiro atoms. The Morgan fingerprint density at radius 2 is 1.82 bits per heavy atom. The second-order valence-corrected chi connectivity index (χ2v) is 6.14. The van der Waals surface area contributed by atoms with Crippen molar-refractivity contribution in [1.82, 2.24) is 9.97 Å². The average Bonchev–Trinajstić information content (AvgIpc) is 2.73. The van der Waals surface area contributed by atoms with Gasteiger partial charge in [-0.2, -0.15) is 0 Å². The summed E-state index contributed by atoms with van der Waals surface area (Å²) in [5.41, 5.74) is 2.03. The summed E-state index contributed by atoms with van der Waals surface area (Å²) in [6, 6.07) is 15.3. The summed E-state index contributed by atoms with van der Waals surface area (Å²) >= 11 is 6.13. The lowest BCUT2D eigenvalue weighted by molar-refractivity contribution is 0.0600. The molecule has 1 heterocycles. The lowest BCUT2D eigenvalue weighted by Gasteiger charge is -2.09.